The molecule has 3 heteroatoms. The normalized spacial score (nSPS) is 14.8. The Morgan fingerprint density at radius 1 is 1.40 bits per heavy atom. The van der Waals surface area contributed by atoms with Gasteiger partial charge in [-0.3, -0.25) is 4.79 Å². The van der Waals surface area contributed by atoms with Gasteiger partial charge in [0.05, 0.1) is 6.10 Å². The summed E-state index contributed by atoms with van der Waals surface area (Å²) in [5, 5.41) is 9.67. The fourth-order valence-electron chi connectivity index (χ4n) is 1.43. The van der Waals surface area contributed by atoms with Crippen molar-refractivity contribution in [3.63, 3.8) is 0 Å². The largest absolute Gasteiger partial charge is 0.458 e. The fourth-order valence-corrected chi connectivity index (χ4v) is 1.43. The Balaban J connectivity index is 3.95. The average molecular weight is 214 g/mol. The Morgan fingerprint density at radius 3 is 2.33 bits per heavy atom. The zero-order valence-corrected chi connectivity index (χ0v) is 10.1. The van der Waals surface area contributed by atoms with E-state index in [9.17, 15) is 9.90 Å². The van der Waals surface area contributed by atoms with Gasteiger partial charge in [-0.25, -0.2) is 0 Å². The third kappa shape index (κ3) is 7.14. The molecule has 0 aromatic carbocycles. The lowest BCUT2D eigenvalue weighted by Gasteiger charge is -2.19. The molecule has 0 aliphatic carbocycles. The second-order valence-corrected chi connectivity index (χ2v) is 4.40. The first kappa shape index (κ1) is 14.2. The minimum Gasteiger partial charge on any atom is -0.458 e. The van der Waals surface area contributed by atoms with Crippen LogP contribution in [0.3, 0.4) is 0 Å². The van der Waals surface area contributed by atoms with Gasteiger partial charge >= 0.3 is 5.97 Å². The molecule has 0 saturated heterocycles. The standard InChI is InChI=1S/C12H22O3/c1-8(2)6-12(14)7-9(3)10(4)15-11(5)13/h8,10,12,14H,3,6-7H2,1-2,4-5H3/t10-,12+/m0/s1. The molecule has 0 radical (unpaired) electrons. The quantitative estimate of drug-likeness (QED) is 0.545. The Kier molecular flexibility index (Phi) is 6.25. The number of hydrogen-bond acceptors (Lipinski definition) is 3. The van der Waals surface area contributed by atoms with Crippen molar-refractivity contribution in [1.82, 2.24) is 0 Å². The molecule has 0 heterocycles. The molecule has 0 rings (SSSR count). The highest BCUT2D eigenvalue weighted by Gasteiger charge is 2.14. The molecule has 15 heavy (non-hydrogen) atoms. The second kappa shape index (κ2) is 6.62. The Hall–Kier alpha value is -0.830. The first-order chi connectivity index (χ1) is 6.82. The monoisotopic (exact) mass is 214 g/mol. The van der Waals surface area contributed by atoms with Crippen molar-refractivity contribution in [1.29, 1.82) is 0 Å². The second-order valence-electron chi connectivity index (χ2n) is 4.40. The molecule has 2 atom stereocenters. The molecule has 0 aliphatic heterocycles. The molecule has 0 fully saturated rings. The van der Waals surface area contributed by atoms with Gasteiger partial charge in [-0.2, -0.15) is 0 Å². The van der Waals surface area contributed by atoms with Crippen molar-refractivity contribution in [2.75, 3.05) is 0 Å². The number of ether oxygens (including phenoxy) is 1. The van der Waals surface area contributed by atoms with E-state index in [0.717, 1.165) is 12.0 Å². The van der Waals surface area contributed by atoms with Crippen LogP contribution in [0.5, 0.6) is 0 Å². The van der Waals surface area contributed by atoms with E-state index in [1.54, 1.807) is 6.92 Å². The van der Waals surface area contributed by atoms with Crippen LogP contribution in [-0.2, 0) is 9.53 Å². The van der Waals surface area contributed by atoms with Gasteiger partial charge in [-0.1, -0.05) is 20.4 Å². The van der Waals surface area contributed by atoms with Crippen LogP contribution in [0.25, 0.3) is 0 Å². The number of carbonyl (C=O) groups excluding carboxylic acids is 1. The van der Waals surface area contributed by atoms with Gasteiger partial charge in [0.1, 0.15) is 6.10 Å². The maximum absolute atomic E-state index is 10.7. The molecule has 0 aromatic rings. The summed E-state index contributed by atoms with van der Waals surface area (Å²) in [6.45, 7) is 11.1. The number of aliphatic hydroxyl groups excluding tert-OH is 1. The fraction of sp³-hybridized carbons (Fsp3) is 0.750. The molecule has 0 saturated carbocycles. The van der Waals surface area contributed by atoms with Crippen LogP contribution < -0.4 is 0 Å². The Morgan fingerprint density at radius 2 is 1.93 bits per heavy atom. The van der Waals surface area contributed by atoms with Crippen molar-refractivity contribution < 1.29 is 14.6 Å². The van der Waals surface area contributed by atoms with E-state index in [1.807, 2.05) is 0 Å². The topological polar surface area (TPSA) is 46.5 Å². The lowest BCUT2D eigenvalue weighted by molar-refractivity contribution is -0.144. The summed E-state index contributed by atoms with van der Waals surface area (Å²) in [5.74, 6) is 0.138. The lowest BCUT2D eigenvalue weighted by Crippen LogP contribution is -2.19. The number of hydrogen-bond donors (Lipinski definition) is 1. The van der Waals surface area contributed by atoms with Gasteiger partial charge in [0.15, 0.2) is 0 Å². The number of esters is 1. The molecule has 0 amide bonds. The average Bonchev–Trinajstić information content (AvgIpc) is 2.00. The van der Waals surface area contributed by atoms with E-state index in [-0.39, 0.29) is 12.1 Å². The Labute approximate surface area is 92.1 Å². The van der Waals surface area contributed by atoms with Gasteiger partial charge in [-0.05, 0) is 31.3 Å². The maximum Gasteiger partial charge on any atom is 0.303 e. The third-order valence-electron chi connectivity index (χ3n) is 2.16. The summed E-state index contributed by atoms with van der Waals surface area (Å²) in [7, 11) is 0. The van der Waals surface area contributed by atoms with E-state index in [2.05, 4.69) is 20.4 Å². The van der Waals surface area contributed by atoms with Crippen molar-refractivity contribution in [2.45, 2.75) is 52.7 Å². The van der Waals surface area contributed by atoms with Crippen LogP contribution in [0, 0.1) is 5.92 Å². The van der Waals surface area contributed by atoms with Gasteiger partial charge in [0.25, 0.3) is 0 Å². The predicted molar refractivity (Wildman–Crippen MR) is 60.4 cm³/mol. The van der Waals surface area contributed by atoms with E-state index in [1.165, 1.54) is 6.92 Å². The van der Waals surface area contributed by atoms with Crippen LogP contribution in [-0.4, -0.2) is 23.3 Å². The molecule has 88 valence electrons. The van der Waals surface area contributed by atoms with Crippen molar-refractivity contribution in [3.8, 4) is 0 Å². The number of carbonyl (C=O) groups is 1. The summed E-state index contributed by atoms with van der Waals surface area (Å²) in [5.41, 5.74) is 0.762. The van der Waals surface area contributed by atoms with Gasteiger partial charge in [0, 0.05) is 6.92 Å². The molecular weight excluding hydrogens is 192 g/mol. The molecule has 1 N–H and O–H groups in total. The summed E-state index contributed by atoms with van der Waals surface area (Å²) < 4.78 is 4.97. The van der Waals surface area contributed by atoms with Crippen LogP contribution in [0.4, 0.5) is 0 Å². The highest BCUT2D eigenvalue weighted by molar-refractivity contribution is 5.66. The summed E-state index contributed by atoms with van der Waals surface area (Å²) in [6, 6.07) is 0. The minimum atomic E-state index is -0.393. The third-order valence-corrected chi connectivity index (χ3v) is 2.16. The summed E-state index contributed by atoms with van der Waals surface area (Å²) in [6.07, 6.45) is 0.526. The molecule has 3 nitrogen and oxygen atoms in total. The van der Waals surface area contributed by atoms with Crippen LogP contribution in [0.1, 0.15) is 40.5 Å². The van der Waals surface area contributed by atoms with Crippen LogP contribution in [0.2, 0.25) is 0 Å². The van der Waals surface area contributed by atoms with E-state index >= 15 is 0 Å². The van der Waals surface area contributed by atoms with E-state index in [0.29, 0.717) is 12.3 Å². The van der Waals surface area contributed by atoms with Gasteiger partial charge in [0.2, 0.25) is 0 Å². The first-order valence-electron chi connectivity index (χ1n) is 5.35. The Bertz CT molecular complexity index is 221. The van der Waals surface area contributed by atoms with E-state index < -0.39 is 6.10 Å². The number of aliphatic hydroxyl groups is 1. The highest BCUT2D eigenvalue weighted by Crippen LogP contribution is 2.16. The number of rotatable bonds is 6. The summed E-state index contributed by atoms with van der Waals surface area (Å²) in [4.78, 5) is 10.7. The van der Waals surface area contributed by atoms with Crippen molar-refractivity contribution in [3.05, 3.63) is 12.2 Å². The highest BCUT2D eigenvalue weighted by atomic mass is 16.5. The van der Waals surface area contributed by atoms with Crippen molar-refractivity contribution >= 4 is 5.97 Å². The zero-order valence-electron chi connectivity index (χ0n) is 10.1. The van der Waals surface area contributed by atoms with Crippen LogP contribution in [0.15, 0.2) is 12.2 Å². The molecule has 0 aromatic heterocycles. The smallest absolute Gasteiger partial charge is 0.303 e. The minimum absolute atomic E-state index is 0.315. The molecule has 0 bridgehead atoms. The zero-order chi connectivity index (χ0) is 12.0. The molecule has 0 spiro atoms. The lowest BCUT2D eigenvalue weighted by atomic mass is 9.98. The SMILES string of the molecule is C=C(C[C@H](O)CC(C)C)[C@H](C)OC(C)=O. The first-order valence-corrected chi connectivity index (χ1v) is 5.35. The van der Waals surface area contributed by atoms with Crippen LogP contribution >= 0.6 is 0 Å². The van der Waals surface area contributed by atoms with Gasteiger partial charge in [-0.15, -0.1) is 0 Å². The van der Waals surface area contributed by atoms with Gasteiger partial charge < -0.3 is 9.84 Å². The predicted octanol–water partition coefficient (Wildman–Crippen LogP) is 2.29. The molecular formula is C12H22O3. The van der Waals surface area contributed by atoms with Crippen molar-refractivity contribution in [2.24, 2.45) is 5.92 Å². The molecule has 0 unspecified atom stereocenters. The molecule has 0 aliphatic rings. The van der Waals surface area contributed by atoms with E-state index in [4.69, 9.17) is 4.74 Å². The maximum atomic E-state index is 10.7. The summed E-state index contributed by atoms with van der Waals surface area (Å²) >= 11 is 0.